The molecular weight excluding hydrogens is 402 g/mol. The minimum Gasteiger partial charge on any atom is -0.492 e. The van der Waals surface area contributed by atoms with Gasteiger partial charge in [0, 0.05) is 15.9 Å². The summed E-state index contributed by atoms with van der Waals surface area (Å²) < 4.78 is 6.48. The van der Waals surface area contributed by atoms with Gasteiger partial charge >= 0.3 is 6.03 Å². The average Bonchev–Trinajstić information content (AvgIpc) is 2.78. The van der Waals surface area contributed by atoms with Gasteiger partial charge in [-0.1, -0.05) is 27.5 Å². The summed E-state index contributed by atoms with van der Waals surface area (Å²) in [6.07, 6.45) is 0.676. The van der Waals surface area contributed by atoms with Gasteiger partial charge in [-0.2, -0.15) is 0 Å². The van der Waals surface area contributed by atoms with Crippen molar-refractivity contribution in [3.8, 4) is 5.75 Å². The van der Waals surface area contributed by atoms with Crippen LogP contribution in [0.2, 0.25) is 5.02 Å². The van der Waals surface area contributed by atoms with Crippen LogP contribution >= 0.6 is 38.9 Å². The Bertz CT molecular complexity index is 674. The number of ether oxygens (including phenoxy) is 1. The molecule has 0 unspecified atom stereocenters. The van der Waals surface area contributed by atoms with Crippen LogP contribution in [0.1, 0.15) is 17.0 Å². The number of thiazole rings is 1. The maximum Gasteiger partial charge on any atom is 0.321 e. The molecular formula is C15H17BrClN3O2S. The Balaban J connectivity index is 1.66. The highest BCUT2D eigenvalue weighted by atomic mass is 79.9. The van der Waals surface area contributed by atoms with Crippen molar-refractivity contribution < 1.29 is 9.53 Å². The minimum absolute atomic E-state index is 0.263. The Morgan fingerprint density at radius 1 is 1.43 bits per heavy atom. The lowest BCUT2D eigenvalue weighted by Crippen LogP contribution is -2.30. The number of carbonyl (C=O) groups is 1. The molecule has 2 N–H and O–H groups in total. The summed E-state index contributed by atoms with van der Waals surface area (Å²) in [5.41, 5.74) is 0.935. The highest BCUT2D eigenvalue weighted by molar-refractivity contribution is 9.10. The van der Waals surface area contributed by atoms with E-state index in [0.29, 0.717) is 35.5 Å². The highest BCUT2D eigenvalue weighted by Gasteiger charge is 2.07. The van der Waals surface area contributed by atoms with Crippen molar-refractivity contribution in [1.82, 2.24) is 10.3 Å². The number of hydrogen-bond acceptors (Lipinski definition) is 4. The molecule has 0 bridgehead atoms. The van der Waals surface area contributed by atoms with Crippen LogP contribution in [-0.4, -0.2) is 24.2 Å². The monoisotopic (exact) mass is 417 g/mol. The standard InChI is InChI=1S/C15H17BrClN3O2S/c1-9-10(2)23-15(19-9)20-14(21)18-6-3-7-22-13-5-4-11(16)8-12(13)17/h4-5,8H,3,6-7H2,1-2H3,(H2,18,19,20,21). The van der Waals surface area contributed by atoms with E-state index < -0.39 is 0 Å². The molecule has 1 heterocycles. The zero-order chi connectivity index (χ0) is 16.8. The van der Waals surface area contributed by atoms with E-state index in [0.717, 1.165) is 15.0 Å². The molecule has 5 nitrogen and oxygen atoms in total. The number of halogens is 2. The SMILES string of the molecule is Cc1nc(NC(=O)NCCCOc2ccc(Br)cc2Cl)sc1C. The molecule has 0 aliphatic rings. The van der Waals surface area contributed by atoms with E-state index >= 15 is 0 Å². The van der Waals surface area contributed by atoms with Crippen molar-refractivity contribution in [1.29, 1.82) is 0 Å². The molecule has 0 saturated heterocycles. The van der Waals surface area contributed by atoms with Crippen molar-refractivity contribution in [2.45, 2.75) is 20.3 Å². The van der Waals surface area contributed by atoms with Crippen LogP contribution in [0.3, 0.4) is 0 Å². The van der Waals surface area contributed by atoms with E-state index in [1.807, 2.05) is 19.9 Å². The summed E-state index contributed by atoms with van der Waals surface area (Å²) in [6, 6.07) is 5.19. The highest BCUT2D eigenvalue weighted by Crippen LogP contribution is 2.27. The molecule has 0 atom stereocenters. The number of carbonyl (C=O) groups excluding carboxylic acids is 1. The third kappa shape index (κ3) is 5.67. The minimum atomic E-state index is -0.263. The topological polar surface area (TPSA) is 63.2 Å². The van der Waals surface area contributed by atoms with Crippen LogP contribution in [0.15, 0.2) is 22.7 Å². The first-order valence-electron chi connectivity index (χ1n) is 7.02. The Morgan fingerprint density at radius 2 is 2.22 bits per heavy atom. The fourth-order valence-electron chi connectivity index (χ4n) is 1.72. The predicted molar refractivity (Wildman–Crippen MR) is 97.9 cm³/mol. The molecule has 2 aromatic rings. The van der Waals surface area contributed by atoms with Crippen LogP contribution in [-0.2, 0) is 0 Å². The number of hydrogen-bond donors (Lipinski definition) is 2. The molecule has 0 saturated carbocycles. The second-order valence-electron chi connectivity index (χ2n) is 4.82. The third-order valence-corrected chi connectivity index (χ3v) is 4.78. The normalized spacial score (nSPS) is 10.4. The zero-order valence-corrected chi connectivity index (χ0v) is 15.9. The molecule has 8 heteroatoms. The van der Waals surface area contributed by atoms with Gasteiger partial charge in [0.05, 0.1) is 17.3 Å². The molecule has 23 heavy (non-hydrogen) atoms. The summed E-state index contributed by atoms with van der Waals surface area (Å²) in [5.74, 6) is 0.632. The second kappa shape index (κ2) is 8.52. The first kappa shape index (κ1) is 18.0. The summed E-state index contributed by atoms with van der Waals surface area (Å²) in [5, 5.41) is 6.65. The number of rotatable bonds is 6. The molecule has 1 aromatic heterocycles. The first-order chi connectivity index (χ1) is 11.0. The first-order valence-corrected chi connectivity index (χ1v) is 9.01. The molecule has 2 amide bonds. The molecule has 2 rings (SSSR count). The lowest BCUT2D eigenvalue weighted by molar-refractivity contribution is 0.250. The van der Waals surface area contributed by atoms with E-state index in [4.69, 9.17) is 16.3 Å². The molecule has 1 aromatic carbocycles. The van der Waals surface area contributed by atoms with Crippen molar-refractivity contribution in [2.75, 3.05) is 18.5 Å². The number of urea groups is 1. The number of aromatic nitrogens is 1. The number of nitrogens with one attached hydrogen (secondary N) is 2. The maximum absolute atomic E-state index is 11.7. The molecule has 0 aliphatic heterocycles. The van der Waals surface area contributed by atoms with Crippen molar-refractivity contribution >= 4 is 50.0 Å². The summed E-state index contributed by atoms with van der Waals surface area (Å²) >= 11 is 10.9. The summed E-state index contributed by atoms with van der Waals surface area (Å²) in [7, 11) is 0. The van der Waals surface area contributed by atoms with Crippen LogP contribution in [0.5, 0.6) is 5.75 Å². The molecule has 0 spiro atoms. The van der Waals surface area contributed by atoms with Crippen molar-refractivity contribution in [2.24, 2.45) is 0 Å². The lowest BCUT2D eigenvalue weighted by Gasteiger charge is -2.09. The van der Waals surface area contributed by atoms with Gasteiger partial charge in [-0.25, -0.2) is 9.78 Å². The van der Waals surface area contributed by atoms with E-state index in [-0.39, 0.29) is 6.03 Å². The van der Waals surface area contributed by atoms with Crippen LogP contribution in [0.4, 0.5) is 9.93 Å². The van der Waals surface area contributed by atoms with Crippen LogP contribution in [0, 0.1) is 13.8 Å². The Morgan fingerprint density at radius 3 is 2.87 bits per heavy atom. The van der Waals surface area contributed by atoms with Gasteiger partial charge in [0.1, 0.15) is 5.75 Å². The second-order valence-corrected chi connectivity index (χ2v) is 7.34. The van der Waals surface area contributed by atoms with Crippen LogP contribution in [0.25, 0.3) is 0 Å². The van der Waals surface area contributed by atoms with Gasteiger partial charge < -0.3 is 10.1 Å². The molecule has 0 fully saturated rings. The Hall–Kier alpha value is -1.31. The number of anilines is 1. The predicted octanol–water partition coefficient (Wildman–Crippen LogP) is 4.77. The fourth-order valence-corrected chi connectivity index (χ4v) is 3.25. The summed E-state index contributed by atoms with van der Waals surface area (Å²) in [4.78, 5) is 17.1. The molecule has 124 valence electrons. The van der Waals surface area contributed by atoms with Gasteiger partial charge in [-0.05, 0) is 38.5 Å². The van der Waals surface area contributed by atoms with Crippen molar-refractivity contribution in [3.05, 3.63) is 38.3 Å². The number of nitrogens with zero attached hydrogens (tertiary/aromatic N) is 1. The summed E-state index contributed by atoms with van der Waals surface area (Å²) in [6.45, 7) is 4.86. The van der Waals surface area contributed by atoms with Crippen LogP contribution < -0.4 is 15.4 Å². The molecule has 0 aliphatic carbocycles. The Labute approximate surface area is 152 Å². The number of aryl methyl sites for hydroxylation is 2. The van der Waals surface area contributed by atoms with Gasteiger partial charge in [0.2, 0.25) is 0 Å². The fraction of sp³-hybridized carbons (Fsp3) is 0.333. The van der Waals surface area contributed by atoms with Crippen molar-refractivity contribution in [3.63, 3.8) is 0 Å². The van der Waals surface area contributed by atoms with E-state index in [9.17, 15) is 4.79 Å². The van der Waals surface area contributed by atoms with E-state index in [2.05, 4.69) is 31.5 Å². The maximum atomic E-state index is 11.7. The zero-order valence-electron chi connectivity index (χ0n) is 12.8. The van der Waals surface area contributed by atoms with E-state index in [1.54, 1.807) is 12.1 Å². The number of benzene rings is 1. The smallest absolute Gasteiger partial charge is 0.321 e. The van der Waals surface area contributed by atoms with Gasteiger partial charge in [-0.15, -0.1) is 11.3 Å². The lowest BCUT2D eigenvalue weighted by atomic mass is 10.3. The molecule has 0 radical (unpaired) electrons. The average molecular weight is 419 g/mol. The van der Waals surface area contributed by atoms with Gasteiger partial charge in [0.25, 0.3) is 0 Å². The largest absolute Gasteiger partial charge is 0.492 e. The van der Waals surface area contributed by atoms with Gasteiger partial charge in [-0.3, -0.25) is 5.32 Å². The quantitative estimate of drug-likeness (QED) is 0.664. The van der Waals surface area contributed by atoms with Gasteiger partial charge in [0.15, 0.2) is 5.13 Å². The third-order valence-electron chi connectivity index (χ3n) is 3.01. The Kier molecular flexibility index (Phi) is 6.68. The van der Waals surface area contributed by atoms with E-state index in [1.165, 1.54) is 11.3 Å². The number of amides is 2.